The van der Waals surface area contributed by atoms with Crippen molar-refractivity contribution in [3.05, 3.63) is 20.8 Å². The Labute approximate surface area is 110 Å². The van der Waals surface area contributed by atoms with Crippen LogP contribution in [0.2, 0.25) is 0 Å². The monoisotopic (exact) mass is 272 g/mol. The predicted molar refractivity (Wildman–Crippen MR) is 77.4 cm³/mol. The maximum atomic E-state index is 11.7. The van der Waals surface area contributed by atoms with Crippen molar-refractivity contribution < 1.29 is 0 Å². The van der Waals surface area contributed by atoms with E-state index in [1.807, 2.05) is 20.1 Å². The summed E-state index contributed by atoms with van der Waals surface area (Å²) in [5, 5.41) is 2.97. The van der Waals surface area contributed by atoms with E-state index in [9.17, 15) is 9.59 Å². The van der Waals surface area contributed by atoms with Crippen LogP contribution in [0.25, 0.3) is 0 Å². The SMILES string of the molecule is CSCCNc1c(N)n(CC(C)C)c(=O)[nH]c1=O. The summed E-state index contributed by atoms with van der Waals surface area (Å²) in [5.41, 5.74) is 5.25. The first-order chi connectivity index (χ1) is 8.47. The highest BCUT2D eigenvalue weighted by Gasteiger charge is 2.12. The molecule has 0 radical (unpaired) electrons. The Bertz CT molecular complexity index is 507. The van der Waals surface area contributed by atoms with Crippen LogP contribution in [0.5, 0.6) is 0 Å². The lowest BCUT2D eigenvalue weighted by molar-refractivity contribution is 0.508. The molecule has 1 aromatic heterocycles. The van der Waals surface area contributed by atoms with Gasteiger partial charge in [0.15, 0.2) is 0 Å². The van der Waals surface area contributed by atoms with E-state index in [-0.39, 0.29) is 17.4 Å². The summed E-state index contributed by atoms with van der Waals surface area (Å²) in [6, 6.07) is 0. The van der Waals surface area contributed by atoms with Gasteiger partial charge in [0, 0.05) is 18.8 Å². The molecular formula is C11H20N4O2S. The van der Waals surface area contributed by atoms with Crippen molar-refractivity contribution >= 4 is 23.3 Å². The molecule has 0 aliphatic heterocycles. The van der Waals surface area contributed by atoms with Crippen LogP contribution in [-0.2, 0) is 6.54 Å². The summed E-state index contributed by atoms with van der Waals surface area (Å²) >= 11 is 1.67. The van der Waals surface area contributed by atoms with Gasteiger partial charge in [-0.05, 0) is 12.2 Å². The Balaban J connectivity index is 3.10. The summed E-state index contributed by atoms with van der Waals surface area (Å²) in [7, 11) is 0. The van der Waals surface area contributed by atoms with E-state index in [1.54, 1.807) is 11.8 Å². The molecule has 7 heteroatoms. The van der Waals surface area contributed by atoms with Gasteiger partial charge in [-0.1, -0.05) is 13.8 Å². The third-order valence-electron chi connectivity index (χ3n) is 2.40. The number of hydrogen-bond acceptors (Lipinski definition) is 5. The number of rotatable bonds is 6. The van der Waals surface area contributed by atoms with Crippen LogP contribution in [0.3, 0.4) is 0 Å². The first-order valence-electron chi connectivity index (χ1n) is 5.82. The molecule has 1 aromatic rings. The zero-order chi connectivity index (χ0) is 13.7. The minimum absolute atomic E-state index is 0.207. The fourth-order valence-electron chi connectivity index (χ4n) is 1.58. The van der Waals surface area contributed by atoms with E-state index in [1.165, 1.54) is 4.57 Å². The molecular weight excluding hydrogens is 252 g/mol. The lowest BCUT2D eigenvalue weighted by Gasteiger charge is -2.15. The Morgan fingerprint density at radius 3 is 2.67 bits per heavy atom. The Morgan fingerprint density at radius 2 is 2.11 bits per heavy atom. The van der Waals surface area contributed by atoms with Gasteiger partial charge in [-0.3, -0.25) is 14.3 Å². The zero-order valence-electron chi connectivity index (χ0n) is 10.9. The highest BCUT2D eigenvalue weighted by Crippen LogP contribution is 2.11. The molecule has 6 nitrogen and oxygen atoms in total. The van der Waals surface area contributed by atoms with E-state index in [0.29, 0.717) is 13.1 Å². The van der Waals surface area contributed by atoms with Gasteiger partial charge in [0.2, 0.25) is 0 Å². The third kappa shape index (κ3) is 3.56. The largest absolute Gasteiger partial charge is 0.383 e. The number of nitrogens with zero attached hydrogens (tertiary/aromatic N) is 1. The molecule has 0 aliphatic carbocycles. The van der Waals surface area contributed by atoms with Crippen molar-refractivity contribution in [1.29, 1.82) is 0 Å². The second-order valence-electron chi connectivity index (χ2n) is 4.44. The van der Waals surface area contributed by atoms with Gasteiger partial charge in [-0.2, -0.15) is 11.8 Å². The van der Waals surface area contributed by atoms with Crippen molar-refractivity contribution in [3.63, 3.8) is 0 Å². The third-order valence-corrected chi connectivity index (χ3v) is 3.01. The fraction of sp³-hybridized carbons (Fsp3) is 0.636. The molecule has 18 heavy (non-hydrogen) atoms. The lowest BCUT2D eigenvalue weighted by Crippen LogP contribution is -2.35. The topological polar surface area (TPSA) is 92.9 Å². The Morgan fingerprint density at radius 1 is 1.44 bits per heavy atom. The molecule has 0 aromatic carbocycles. The highest BCUT2D eigenvalue weighted by atomic mass is 32.2. The van der Waals surface area contributed by atoms with Crippen LogP contribution in [-0.4, -0.2) is 28.1 Å². The van der Waals surface area contributed by atoms with E-state index in [4.69, 9.17) is 5.73 Å². The summed E-state index contributed by atoms with van der Waals surface area (Å²) in [4.78, 5) is 25.6. The number of nitrogens with two attached hydrogens (primary N) is 1. The molecule has 0 amide bonds. The Hall–Kier alpha value is -1.37. The number of anilines is 2. The van der Waals surface area contributed by atoms with Crippen molar-refractivity contribution in [3.8, 4) is 0 Å². The quantitative estimate of drug-likeness (QED) is 0.658. The average Bonchev–Trinajstić information content (AvgIpc) is 2.28. The van der Waals surface area contributed by atoms with Gasteiger partial charge in [0.25, 0.3) is 5.56 Å². The summed E-state index contributed by atoms with van der Waals surface area (Å²) in [6.45, 7) is 5.09. The number of nitrogens with one attached hydrogen (secondary N) is 2. The number of aromatic amines is 1. The van der Waals surface area contributed by atoms with Gasteiger partial charge >= 0.3 is 5.69 Å². The second-order valence-corrected chi connectivity index (χ2v) is 5.43. The molecule has 0 unspecified atom stereocenters. The number of aromatic nitrogens is 2. The molecule has 0 saturated heterocycles. The second kappa shape index (κ2) is 6.53. The maximum absolute atomic E-state index is 11.7. The number of hydrogen-bond donors (Lipinski definition) is 3. The minimum Gasteiger partial charge on any atom is -0.383 e. The van der Waals surface area contributed by atoms with Gasteiger partial charge in [-0.25, -0.2) is 4.79 Å². The van der Waals surface area contributed by atoms with E-state index in [0.717, 1.165) is 5.75 Å². The van der Waals surface area contributed by atoms with Crippen LogP contribution in [0.4, 0.5) is 11.5 Å². The molecule has 102 valence electrons. The molecule has 0 aliphatic rings. The van der Waals surface area contributed by atoms with Crippen LogP contribution in [0.1, 0.15) is 13.8 Å². The molecule has 0 saturated carbocycles. The predicted octanol–water partition coefficient (Wildman–Crippen LogP) is 0.550. The highest BCUT2D eigenvalue weighted by molar-refractivity contribution is 7.98. The minimum atomic E-state index is -0.460. The van der Waals surface area contributed by atoms with Crippen LogP contribution >= 0.6 is 11.8 Å². The van der Waals surface area contributed by atoms with Crippen molar-refractivity contribution in [2.45, 2.75) is 20.4 Å². The first kappa shape index (κ1) is 14.7. The first-order valence-corrected chi connectivity index (χ1v) is 7.22. The fourth-order valence-corrected chi connectivity index (χ4v) is 1.89. The molecule has 4 N–H and O–H groups in total. The average molecular weight is 272 g/mol. The van der Waals surface area contributed by atoms with Gasteiger partial charge in [0.05, 0.1) is 0 Å². The van der Waals surface area contributed by atoms with Crippen molar-refractivity contribution in [2.75, 3.05) is 29.6 Å². The molecule has 0 bridgehead atoms. The summed E-state index contributed by atoms with van der Waals surface area (Å²) < 4.78 is 1.40. The summed E-state index contributed by atoms with van der Waals surface area (Å²) in [5.74, 6) is 1.34. The number of nitrogen functional groups attached to an aromatic ring is 1. The van der Waals surface area contributed by atoms with Crippen molar-refractivity contribution in [1.82, 2.24) is 9.55 Å². The van der Waals surface area contributed by atoms with E-state index >= 15 is 0 Å². The maximum Gasteiger partial charge on any atom is 0.330 e. The molecule has 1 heterocycles. The molecule has 0 atom stereocenters. The Kier molecular flexibility index (Phi) is 5.33. The number of thioether (sulfide) groups is 1. The number of H-pyrrole nitrogens is 1. The van der Waals surface area contributed by atoms with Gasteiger partial charge < -0.3 is 11.1 Å². The van der Waals surface area contributed by atoms with E-state index in [2.05, 4.69) is 10.3 Å². The van der Waals surface area contributed by atoms with Crippen LogP contribution in [0, 0.1) is 5.92 Å². The molecule has 0 fully saturated rings. The van der Waals surface area contributed by atoms with Crippen molar-refractivity contribution in [2.24, 2.45) is 5.92 Å². The molecule has 1 rings (SSSR count). The normalized spacial score (nSPS) is 10.9. The molecule has 0 spiro atoms. The van der Waals surface area contributed by atoms with Gasteiger partial charge in [0.1, 0.15) is 11.5 Å². The lowest BCUT2D eigenvalue weighted by atomic mass is 10.2. The smallest absolute Gasteiger partial charge is 0.330 e. The standard InChI is InChI=1S/C11H20N4O2S/c1-7(2)6-15-9(12)8(13-4-5-18-3)10(16)14-11(15)17/h7,13H,4-6,12H2,1-3H3,(H,14,16,17). The van der Waals surface area contributed by atoms with Crippen LogP contribution in [0.15, 0.2) is 9.59 Å². The van der Waals surface area contributed by atoms with Gasteiger partial charge in [-0.15, -0.1) is 0 Å². The van der Waals surface area contributed by atoms with Crippen LogP contribution < -0.4 is 22.3 Å². The zero-order valence-corrected chi connectivity index (χ0v) is 11.8. The summed E-state index contributed by atoms with van der Waals surface area (Å²) in [6.07, 6.45) is 1.98. The van der Waals surface area contributed by atoms with E-state index < -0.39 is 11.2 Å².